The fourth-order valence-corrected chi connectivity index (χ4v) is 4.84. The van der Waals surface area contributed by atoms with E-state index in [1.807, 2.05) is 4.90 Å². The van der Waals surface area contributed by atoms with Gasteiger partial charge >= 0.3 is 0 Å². The number of ketones is 1. The molecule has 0 spiro atoms. The van der Waals surface area contributed by atoms with Crippen LogP contribution >= 0.6 is 0 Å². The zero-order valence-electron chi connectivity index (χ0n) is 18.4. The SMILES string of the molecule is O=C(CN1CCN(Cc2cccc3ccccc23)CC1)c1c[nH]c(C(=O)N2CCCC2)c1. The second-order valence-corrected chi connectivity index (χ2v) is 8.92. The predicted octanol–water partition coefficient (Wildman–Crippen LogP) is 3.40. The van der Waals surface area contributed by atoms with Crippen LogP contribution in [0.1, 0.15) is 39.3 Å². The number of nitrogens with zero attached hydrogens (tertiary/aromatic N) is 3. The number of hydrogen-bond acceptors (Lipinski definition) is 4. The number of amides is 1. The summed E-state index contributed by atoms with van der Waals surface area (Å²) in [6, 6.07) is 16.8. The fourth-order valence-electron chi connectivity index (χ4n) is 4.84. The summed E-state index contributed by atoms with van der Waals surface area (Å²) in [7, 11) is 0. The highest BCUT2D eigenvalue weighted by molar-refractivity contribution is 6.01. The van der Waals surface area contributed by atoms with Crippen LogP contribution in [0.25, 0.3) is 10.8 Å². The molecule has 1 N–H and O–H groups in total. The van der Waals surface area contributed by atoms with Crippen LogP contribution in [0.3, 0.4) is 0 Å². The highest BCUT2D eigenvalue weighted by Gasteiger charge is 2.23. The second-order valence-electron chi connectivity index (χ2n) is 8.92. The monoisotopic (exact) mass is 430 g/mol. The number of H-pyrrole nitrogens is 1. The van der Waals surface area contributed by atoms with Crippen molar-refractivity contribution in [1.29, 1.82) is 0 Å². The Morgan fingerprint density at radius 2 is 1.56 bits per heavy atom. The molecule has 1 aromatic heterocycles. The first-order valence-electron chi connectivity index (χ1n) is 11.6. The van der Waals surface area contributed by atoms with Gasteiger partial charge in [0, 0.05) is 57.6 Å². The van der Waals surface area contributed by atoms with Crippen molar-refractivity contribution >= 4 is 22.5 Å². The van der Waals surface area contributed by atoms with Crippen LogP contribution < -0.4 is 0 Å². The first-order chi connectivity index (χ1) is 15.7. The van der Waals surface area contributed by atoms with E-state index in [4.69, 9.17) is 0 Å². The number of likely N-dealkylation sites (tertiary alicyclic amines) is 1. The molecule has 3 aromatic rings. The fraction of sp³-hybridized carbons (Fsp3) is 0.385. The van der Waals surface area contributed by atoms with Gasteiger partial charge in [-0.05, 0) is 35.2 Å². The summed E-state index contributed by atoms with van der Waals surface area (Å²) in [5.74, 6) is 0.0767. The number of hydrogen-bond donors (Lipinski definition) is 1. The third kappa shape index (κ3) is 4.47. The van der Waals surface area contributed by atoms with Crippen LogP contribution in [0.4, 0.5) is 0 Å². The van der Waals surface area contributed by atoms with E-state index in [0.29, 0.717) is 17.8 Å². The van der Waals surface area contributed by atoms with Gasteiger partial charge in [0.25, 0.3) is 5.91 Å². The van der Waals surface area contributed by atoms with E-state index in [-0.39, 0.29) is 11.7 Å². The molecule has 0 atom stereocenters. The highest BCUT2D eigenvalue weighted by atomic mass is 16.2. The number of nitrogens with one attached hydrogen (secondary N) is 1. The van der Waals surface area contributed by atoms with Crippen LogP contribution in [0, 0.1) is 0 Å². The van der Waals surface area contributed by atoms with E-state index in [9.17, 15) is 9.59 Å². The maximum Gasteiger partial charge on any atom is 0.270 e. The molecule has 2 saturated heterocycles. The van der Waals surface area contributed by atoms with E-state index >= 15 is 0 Å². The number of piperazine rings is 1. The Kier molecular flexibility index (Phi) is 6.06. The van der Waals surface area contributed by atoms with Gasteiger partial charge < -0.3 is 9.88 Å². The summed E-state index contributed by atoms with van der Waals surface area (Å²) in [4.78, 5) is 34.8. The molecule has 6 heteroatoms. The molecule has 0 bridgehead atoms. The van der Waals surface area contributed by atoms with Crippen molar-refractivity contribution in [3.05, 3.63) is 71.5 Å². The number of aromatic amines is 1. The Bertz CT molecular complexity index is 1100. The molecule has 2 aliphatic heterocycles. The van der Waals surface area contributed by atoms with E-state index in [1.165, 1.54) is 16.3 Å². The number of carbonyl (C=O) groups excluding carboxylic acids is 2. The van der Waals surface area contributed by atoms with Crippen molar-refractivity contribution in [3.63, 3.8) is 0 Å². The molecule has 5 rings (SSSR count). The molecule has 0 aliphatic carbocycles. The molecule has 3 heterocycles. The first kappa shape index (κ1) is 20.9. The minimum absolute atomic E-state index is 0.00333. The summed E-state index contributed by atoms with van der Waals surface area (Å²) in [5.41, 5.74) is 2.48. The predicted molar refractivity (Wildman–Crippen MR) is 126 cm³/mol. The van der Waals surface area contributed by atoms with Crippen molar-refractivity contribution in [2.45, 2.75) is 19.4 Å². The maximum absolute atomic E-state index is 12.8. The van der Waals surface area contributed by atoms with E-state index in [2.05, 4.69) is 57.2 Å². The zero-order valence-corrected chi connectivity index (χ0v) is 18.4. The van der Waals surface area contributed by atoms with Gasteiger partial charge in [0.05, 0.1) is 6.54 Å². The Morgan fingerprint density at radius 1 is 0.844 bits per heavy atom. The molecular weight excluding hydrogens is 400 g/mol. The number of rotatable bonds is 6. The average Bonchev–Trinajstić information content (AvgIpc) is 3.53. The van der Waals surface area contributed by atoms with Crippen LogP contribution in [0.15, 0.2) is 54.7 Å². The maximum atomic E-state index is 12.8. The third-order valence-electron chi connectivity index (χ3n) is 6.73. The lowest BCUT2D eigenvalue weighted by molar-refractivity contribution is 0.0787. The Hall–Kier alpha value is -2.96. The van der Waals surface area contributed by atoms with Crippen LogP contribution in [0.2, 0.25) is 0 Å². The molecule has 2 fully saturated rings. The number of aromatic nitrogens is 1. The minimum Gasteiger partial charge on any atom is -0.356 e. The lowest BCUT2D eigenvalue weighted by Gasteiger charge is -2.34. The molecule has 0 saturated carbocycles. The van der Waals surface area contributed by atoms with Crippen molar-refractivity contribution in [2.24, 2.45) is 0 Å². The Labute approximate surface area is 188 Å². The smallest absolute Gasteiger partial charge is 0.270 e. The highest BCUT2D eigenvalue weighted by Crippen LogP contribution is 2.21. The average molecular weight is 431 g/mol. The van der Waals surface area contributed by atoms with Crippen molar-refractivity contribution in [2.75, 3.05) is 45.8 Å². The summed E-state index contributed by atoms with van der Waals surface area (Å²) in [6.45, 7) is 6.60. The van der Waals surface area contributed by atoms with E-state index in [1.54, 1.807) is 12.3 Å². The van der Waals surface area contributed by atoms with Gasteiger partial charge in [-0.2, -0.15) is 0 Å². The molecule has 0 radical (unpaired) electrons. The molecule has 6 nitrogen and oxygen atoms in total. The van der Waals surface area contributed by atoms with Gasteiger partial charge in [0.2, 0.25) is 0 Å². The van der Waals surface area contributed by atoms with Crippen LogP contribution in [0.5, 0.6) is 0 Å². The Balaban J connectivity index is 1.14. The largest absolute Gasteiger partial charge is 0.356 e. The number of fused-ring (bicyclic) bond motifs is 1. The molecular formula is C26H30N4O2. The van der Waals surface area contributed by atoms with E-state index < -0.39 is 0 Å². The summed E-state index contributed by atoms with van der Waals surface area (Å²) >= 11 is 0. The first-order valence-corrected chi connectivity index (χ1v) is 11.6. The Morgan fingerprint density at radius 3 is 2.38 bits per heavy atom. The minimum atomic E-state index is 0.00333. The standard InChI is InChI=1S/C26H30N4O2/c31-25(22-16-24(27-17-22)26(32)30-10-3-4-11-30)19-29-14-12-28(13-15-29)18-21-8-5-7-20-6-1-2-9-23(20)21/h1-2,5-9,16-17,27H,3-4,10-15,18-19H2. The molecule has 166 valence electrons. The van der Waals surface area contributed by atoms with Crippen molar-refractivity contribution < 1.29 is 9.59 Å². The zero-order chi connectivity index (χ0) is 21.9. The van der Waals surface area contributed by atoms with Gasteiger partial charge in [0.1, 0.15) is 5.69 Å². The van der Waals surface area contributed by atoms with Gasteiger partial charge in [-0.1, -0.05) is 42.5 Å². The quantitative estimate of drug-likeness (QED) is 0.609. The third-order valence-corrected chi connectivity index (χ3v) is 6.73. The molecule has 1 amide bonds. The molecule has 2 aliphatic rings. The summed E-state index contributed by atoms with van der Waals surface area (Å²) < 4.78 is 0. The molecule has 32 heavy (non-hydrogen) atoms. The van der Waals surface area contributed by atoms with Gasteiger partial charge in [-0.15, -0.1) is 0 Å². The second kappa shape index (κ2) is 9.27. The van der Waals surface area contributed by atoms with Crippen molar-refractivity contribution in [3.8, 4) is 0 Å². The number of Topliss-reactive ketones (excluding diaryl/α,β-unsaturated/α-hetero) is 1. The molecule has 2 aromatic carbocycles. The van der Waals surface area contributed by atoms with Gasteiger partial charge in [-0.25, -0.2) is 0 Å². The normalized spacial score (nSPS) is 17.8. The van der Waals surface area contributed by atoms with Crippen LogP contribution in [-0.4, -0.2) is 77.2 Å². The molecule has 0 unspecified atom stereocenters. The van der Waals surface area contributed by atoms with Crippen LogP contribution in [-0.2, 0) is 6.54 Å². The van der Waals surface area contributed by atoms with Gasteiger partial charge in [-0.3, -0.25) is 19.4 Å². The lowest BCUT2D eigenvalue weighted by atomic mass is 10.0. The summed E-state index contributed by atoms with van der Waals surface area (Å²) in [5, 5.41) is 2.60. The summed E-state index contributed by atoms with van der Waals surface area (Å²) in [6.07, 6.45) is 3.80. The topological polar surface area (TPSA) is 59.7 Å². The lowest BCUT2D eigenvalue weighted by Crippen LogP contribution is -2.47. The number of benzene rings is 2. The van der Waals surface area contributed by atoms with Gasteiger partial charge in [0.15, 0.2) is 5.78 Å². The van der Waals surface area contributed by atoms with Crippen molar-refractivity contribution in [1.82, 2.24) is 19.7 Å². The number of carbonyl (C=O) groups is 2. The van der Waals surface area contributed by atoms with E-state index in [0.717, 1.165) is 58.7 Å².